The lowest BCUT2D eigenvalue weighted by Crippen LogP contribution is -2.54. The molecular weight excluding hydrogens is 641 g/mol. The summed E-state index contributed by atoms with van der Waals surface area (Å²) in [5.74, 6) is -0.910. The Hall–Kier alpha value is -3.85. The molecule has 0 radical (unpaired) electrons. The number of benzene rings is 4. The Morgan fingerprint density at radius 2 is 1.52 bits per heavy atom. The number of nitrogens with one attached hydrogen (secondary N) is 1. The smallest absolute Gasteiger partial charge is 0.264 e. The largest absolute Gasteiger partial charge is 0.352 e. The maximum atomic E-state index is 14.6. The highest BCUT2D eigenvalue weighted by Gasteiger charge is 2.35. The van der Waals surface area contributed by atoms with Gasteiger partial charge in [-0.3, -0.25) is 13.9 Å². The fraction of sp³-hybridized carbons (Fsp3) is 0.278. The predicted octanol–water partition coefficient (Wildman–Crippen LogP) is 7.36. The Kier molecular flexibility index (Phi) is 11.9. The molecule has 0 aliphatic carbocycles. The van der Waals surface area contributed by atoms with Gasteiger partial charge in [0.05, 0.1) is 10.6 Å². The zero-order valence-corrected chi connectivity index (χ0v) is 28.7. The molecule has 4 rings (SSSR count). The zero-order chi connectivity index (χ0) is 33.4. The number of rotatable bonds is 13. The first-order valence-corrected chi connectivity index (χ1v) is 17.3. The third kappa shape index (κ3) is 8.69. The van der Waals surface area contributed by atoms with E-state index in [0.29, 0.717) is 33.3 Å². The summed E-state index contributed by atoms with van der Waals surface area (Å²) in [7, 11) is -4.19. The fourth-order valence-corrected chi connectivity index (χ4v) is 7.01. The SMILES string of the molecule is CCC(C)NC(=O)C(Cc1ccccc1)N(Cc1ccc(Cl)cc1Cl)C(=O)CN(c1cc(C)ccc1C)S(=O)(=O)c1ccccc1. The number of anilines is 1. The Morgan fingerprint density at radius 3 is 2.15 bits per heavy atom. The number of carbonyl (C=O) groups excluding carboxylic acids is 2. The number of aryl methyl sites for hydroxylation is 2. The van der Waals surface area contributed by atoms with E-state index in [0.717, 1.165) is 15.4 Å². The molecule has 0 saturated heterocycles. The molecule has 2 unspecified atom stereocenters. The lowest BCUT2D eigenvalue weighted by molar-refractivity contribution is -0.140. The first-order chi connectivity index (χ1) is 21.9. The van der Waals surface area contributed by atoms with Gasteiger partial charge in [-0.25, -0.2) is 8.42 Å². The number of hydrogen-bond acceptors (Lipinski definition) is 4. The topological polar surface area (TPSA) is 86.8 Å². The maximum absolute atomic E-state index is 14.6. The molecule has 0 heterocycles. The van der Waals surface area contributed by atoms with Crippen LogP contribution in [0.3, 0.4) is 0 Å². The standard InChI is InChI=1S/C36H39Cl2N3O4S/c1-5-27(4)39-36(43)34(21-28-12-8-6-9-13-28)40(23-29-18-19-30(37)22-32(29)38)35(42)24-41(33-20-25(2)16-17-26(33)3)46(44,45)31-14-10-7-11-15-31/h6-20,22,27,34H,5,21,23-24H2,1-4H3,(H,39,43). The van der Waals surface area contributed by atoms with Gasteiger partial charge >= 0.3 is 0 Å². The Morgan fingerprint density at radius 1 is 0.870 bits per heavy atom. The molecule has 2 amide bonds. The second-order valence-corrected chi connectivity index (χ2v) is 14.1. The quantitative estimate of drug-likeness (QED) is 0.160. The van der Waals surface area contributed by atoms with Crippen molar-refractivity contribution >= 4 is 50.7 Å². The Balaban J connectivity index is 1.85. The molecule has 0 spiro atoms. The van der Waals surface area contributed by atoms with E-state index in [2.05, 4.69) is 5.32 Å². The molecule has 46 heavy (non-hydrogen) atoms. The fourth-order valence-electron chi connectivity index (χ4n) is 5.05. The number of sulfonamides is 1. The van der Waals surface area contributed by atoms with Crippen molar-refractivity contribution in [1.82, 2.24) is 10.2 Å². The molecule has 0 saturated carbocycles. The highest BCUT2D eigenvalue weighted by atomic mass is 35.5. The van der Waals surface area contributed by atoms with Crippen molar-refractivity contribution < 1.29 is 18.0 Å². The van der Waals surface area contributed by atoms with Crippen molar-refractivity contribution in [3.8, 4) is 0 Å². The number of hydrogen-bond donors (Lipinski definition) is 1. The first kappa shape index (κ1) is 35.0. The lowest BCUT2D eigenvalue weighted by Gasteiger charge is -2.35. The van der Waals surface area contributed by atoms with Crippen LogP contribution in [-0.4, -0.2) is 43.8 Å². The monoisotopic (exact) mass is 679 g/mol. The van der Waals surface area contributed by atoms with E-state index in [-0.39, 0.29) is 29.8 Å². The van der Waals surface area contributed by atoms with Crippen molar-refractivity contribution in [2.24, 2.45) is 0 Å². The Labute approximate surface area is 282 Å². The molecule has 0 aliphatic heterocycles. The van der Waals surface area contributed by atoms with Crippen LogP contribution in [0.1, 0.15) is 42.5 Å². The minimum atomic E-state index is -4.19. The van der Waals surface area contributed by atoms with Crippen molar-refractivity contribution in [3.05, 3.63) is 129 Å². The van der Waals surface area contributed by atoms with E-state index < -0.39 is 28.5 Å². The Bertz CT molecular complexity index is 1770. The zero-order valence-electron chi connectivity index (χ0n) is 26.4. The molecule has 2 atom stereocenters. The number of halogens is 2. The molecule has 7 nitrogen and oxygen atoms in total. The third-order valence-corrected chi connectivity index (χ3v) is 10.2. The van der Waals surface area contributed by atoms with E-state index in [1.807, 2.05) is 63.2 Å². The average molecular weight is 681 g/mol. The van der Waals surface area contributed by atoms with Crippen molar-refractivity contribution in [2.75, 3.05) is 10.8 Å². The molecule has 0 aliphatic rings. The van der Waals surface area contributed by atoms with Crippen LogP contribution in [0.5, 0.6) is 0 Å². The van der Waals surface area contributed by atoms with Gasteiger partial charge in [0.15, 0.2) is 0 Å². The van der Waals surface area contributed by atoms with Gasteiger partial charge in [-0.15, -0.1) is 0 Å². The third-order valence-electron chi connectivity index (χ3n) is 7.87. The van der Waals surface area contributed by atoms with E-state index in [4.69, 9.17) is 23.2 Å². The predicted molar refractivity (Wildman–Crippen MR) is 186 cm³/mol. The number of amides is 2. The van der Waals surface area contributed by atoms with Crippen molar-refractivity contribution in [1.29, 1.82) is 0 Å². The summed E-state index contributed by atoms with van der Waals surface area (Å²) in [6.07, 6.45) is 0.894. The minimum absolute atomic E-state index is 0.0475. The minimum Gasteiger partial charge on any atom is -0.352 e. The van der Waals surface area contributed by atoms with E-state index >= 15 is 0 Å². The molecule has 242 valence electrons. The molecule has 4 aromatic carbocycles. The molecule has 0 bridgehead atoms. The van der Waals surface area contributed by atoms with Crippen LogP contribution < -0.4 is 9.62 Å². The van der Waals surface area contributed by atoms with Gasteiger partial charge in [0.1, 0.15) is 12.6 Å². The normalized spacial score (nSPS) is 12.7. The molecule has 4 aromatic rings. The summed E-state index contributed by atoms with van der Waals surface area (Å²) >= 11 is 12.8. The van der Waals surface area contributed by atoms with Gasteiger partial charge in [0.2, 0.25) is 11.8 Å². The number of carbonyl (C=O) groups is 2. The molecular formula is C36H39Cl2N3O4S. The summed E-state index contributed by atoms with van der Waals surface area (Å²) in [6, 6.07) is 26.7. The van der Waals surface area contributed by atoms with Gasteiger partial charge in [-0.05, 0) is 79.8 Å². The van der Waals surface area contributed by atoms with E-state index in [1.54, 1.807) is 49.4 Å². The van der Waals surface area contributed by atoms with Gasteiger partial charge in [0, 0.05) is 29.1 Å². The van der Waals surface area contributed by atoms with Crippen LogP contribution in [0.4, 0.5) is 5.69 Å². The van der Waals surface area contributed by atoms with Crippen LogP contribution in [0.25, 0.3) is 0 Å². The average Bonchev–Trinajstić information content (AvgIpc) is 3.04. The molecule has 1 N–H and O–H groups in total. The van der Waals surface area contributed by atoms with Crippen molar-refractivity contribution in [2.45, 2.75) is 64.1 Å². The van der Waals surface area contributed by atoms with Crippen LogP contribution in [0.15, 0.2) is 102 Å². The summed E-state index contributed by atoms with van der Waals surface area (Å²) < 4.78 is 29.6. The van der Waals surface area contributed by atoms with Gasteiger partial charge in [-0.1, -0.05) is 96.9 Å². The highest BCUT2D eigenvalue weighted by molar-refractivity contribution is 7.92. The first-order valence-electron chi connectivity index (χ1n) is 15.1. The summed E-state index contributed by atoms with van der Waals surface area (Å²) in [6.45, 7) is 6.93. The summed E-state index contributed by atoms with van der Waals surface area (Å²) in [5.41, 5.74) is 3.31. The lowest BCUT2D eigenvalue weighted by atomic mass is 10.0. The maximum Gasteiger partial charge on any atom is 0.264 e. The second kappa shape index (κ2) is 15.6. The molecule has 10 heteroatoms. The van der Waals surface area contributed by atoms with Gasteiger partial charge < -0.3 is 10.2 Å². The van der Waals surface area contributed by atoms with Gasteiger partial charge in [0.25, 0.3) is 10.0 Å². The van der Waals surface area contributed by atoms with Crippen LogP contribution in [0.2, 0.25) is 10.0 Å². The van der Waals surface area contributed by atoms with Crippen molar-refractivity contribution in [3.63, 3.8) is 0 Å². The molecule has 0 aromatic heterocycles. The number of nitrogens with zero attached hydrogens (tertiary/aromatic N) is 2. The second-order valence-electron chi connectivity index (χ2n) is 11.4. The van der Waals surface area contributed by atoms with Crippen LogP contribution >= 0.6 is 23.2 Å². The van der Waals surface area contributed by atoms with Crippen LogP contribution in [-0.2, 0) is 32.6 Å². The molecule has 0 fully saturated rings. The van der Waals surface area contributed by atoms with E-state index in [1.165, 1.54) is 17.0 Å². The summed E-state index contributed by atoms with van der Waals surface area (Å²) in [5, 5.41) is 3.79. The van der Waals surface area contributed by atoms with Gasteiger partial charge in [-0.2, -0.15) is 0 Å². The van der Waals surface area contributed by atoms with Crippen LogP contribution in [0, 0.1) is 13.8 Å². The highest BCUT2D eigenvalue weighted by Crippen LogP contribution is 2.29. The summed E-state index contributed by atoms with van der Waals surface area (Å²) in [4.78, 5) is 30.1. The van der Waals surface area contributed by atoms with E-state index in [9.17, 15) is 18.0 Å².